The van der Waals surface area contributed by atoms with Crippen molar-refractivity contribution in [2.75, 3.05) is 38.7 Å². The van der Waals surface area contributed by atoms with Crippen LogP contribution in [-0.4, -0.2) is 62.9 Å². The molecule has 34 heavy (non-hydrogen) atoms. The van der Waals surface area contributed by atoms with E-state index in [1.165, 1.54) is 35.4 Å². The normalized spacial score (nSPS) is 18.3. The number of carbonyl (C=O) groups excluding carboxylic acids is 2. The van der Waals surface area contributed by atoms with E-state index in [4.69, 9.17) is 9.47 Å². The van der Waals surface area contributed by atoms with Gasteiger partial charge in [0.2, 0.25) is 21.8 Å². The molecule has 2 amide bonds. The molecule has 1 fully saturated rings. The molecule has 2 aliphatic rings. The van der Waals surface area contributed by atoms with Crippen molar-refractivity contribution in [1.29, 1.82) is 0 Å². The number of morpholine rings is 1. The van der Waals surface area contributed by atoms with Crippen LogP contribution in [0.3, 0.4) is 0 Å². The van der Waals surface area contributed by atoms with Gasteiger partial charge in [-0.05, 0) is 35.4 Å². The number of amides is 2. The Bertz CT molecular complexity index is 1220. The summed E-state index contributed by atoms with van der Waals surface area (Å²) >= 11 is 0. The molecular weight excluding hydrogens is 458 g/mol. The Morgan fingerprint density at radius 1 is 1.15 bits per heavy atom. The number of hydrogen-bond acceptors (Lipinski definition) is 6. The average Bonchev–Trinajstić information content (AvgIpc) is 2.84. The molecule has 9 nitrogen and oxygen atoms in total. The Kier molecular flexibility index (Phi) is 7.01. The number of carbonyl (C=O) groups is 2. The van der Waals surface area contributed by atoms with Crippen LogP contribution in [0.1, 0.15) is 30.5 Å². The highest BCUT2D eigenvalue weighted by Gasteiger charge is 2.31. The molecule has 0 saturated carbocycles. The quantitative estimate of drug-likeness (QED) is 0.674. The van der Waals surface area contributed by atoms with Crippen LogP contribution >= 0.6 is 0 Å². The van der Waals surface area contributed by atoms with E-state index in [1.807, 2.05) is 30.3 Å². The second kappa shape index (κ2) is 9.96. The van der Waals surface area contributed by atoms with Gasteiger partial charge in [0, 0.05) is 31.9 Å². The van der Waals surface area contributed by atoms with E-state index in [2.05, 4.69) is 5.32 Å². The molecule has 10 heteroatoms. The van der Waals surface area contributed by atoms with E-state index in [-0.39, 0.29) is 42.0 Å². The number of benzene rings is 2. The molecule has 0 aromatic heterocycles. The Morgan fingerprint density at radius 2 is 1.88 bits per heavy atom. The third-order valence-electron chi connectivity index (χ3n) is 5.88. The summed E-state index contributed by atoms with van der Waals surface area (Å²) in [7, 11) is -2.44. The number of methoxy groups -OCH3 is 1. The molecule has 180 valence electrons. The third kappa shape index (κ3) is 4.84. The number of ether oxygens (including phenoxy) is 2. The van der Waals surface area contributed by atoms with E-state index < -0.39 is 16.1 Å². The first-order valence-electron chi connectivity index (χ1n) is 10.9. The molecule has 2 aromatic rings. The molecule has 1 N–H and O–H groups in total. The first-order chi connectivity index (χ1) is 16.3. The van der Waals surface area contributed by atoms with Gasteiger partial charge in [0.05, 0.1) is 32.8 Å². The molecule has 0 spiro atoms. The SMILES string of the molecule is COc1ccc(NC(=O)CC2c3ccccc3C=CN2C(C)=O)cc1S(=O)(=O)N1CCOCC1. The number of hydrogen-bond donors (Lipinski definition) is 1. The summed E-state index contributed by atoms with van der Waals surface area (Å²) in [5.41, 5.74) is 2.15. The topological polar surface area (TPSA) is 105 Å². The Balaban J connectivity index is 1.57. The van der Waals surface area contributed by atoms with Crippen LogP contribution in [0.5, 0.6) is 5.75 Å². The molecule has 1 atom stereocenters. The van der Waals surface area contributed by atoms with Crippen molar-refractivity contribution in [3.63, 3.8) is 0 Å². The van der Waals surface area contributed by atoms with Gasteiger partial charge in [-0.2, -0.15) is 4.31 Å². The molecular formula is C24H27N3O6S. The lowest BCUT2D eigenvalue weighted by Crippen LogP contribution is -2.40. The number of anilines is 1. The summed E-state index contributed by atoms with van der Waals surface area (Å²) in [5.74, 6) is -0.327. The van der Waals surface area contributed by atoms with Crippen molar-refractivity contribution in [3.8, 4) is 5.75 Å². The van der Waals surface area contributed by atoms with E-state index in [9.17, 15) is 18.0 Å². The zero-order valence-electron chi connectivity index (χ0n) is 19.1. The summed E-state index contributed by atoms with van der Waals surface area (Å²) < 4.78 is 38.3. The standard InChI is InChI=1S/C24H27N3O6S/c1-17(28)27-10-9-18-5-3-4-6-20(18)21(27)16-24(29)25-19-7-8-22(32-2)23(15-19)34(30,31)26-11-13-33-14-12-26/h3-10,15,21H,11-14,16H2,1-2H3,(H,25,29). The van der Waals surface area contributed by atoms with Gasteiger partial charge in [-0.1, -0.05) is 24.3 Å². The maximum Gasteiger partial charge on any atom is 0.246 e. The molecule has 2 heterocycles. The number of nitrogens with one attached hydrogen (secondary N) is 1. The van der Waals surface area contributed by atoms with Crippen molar-refractivity contribution in [3.05, 3.63) is 59.8 Å². The largest absolute Gasteiger partial charge is 0.495 e. The molecule has 0 aliphatic carbocycles. The summed E-state index contributed by atoms with van der Waals surface area (Å²) in [4.78, 5) is 26.7. The smallest absolute Gasteiger partial charge is 0.246 e. The number of sulfonamides is 1. The van der Waals surface area contributed by atoms with Crippen LogP contribution in [0.4, 0.5) is 5.69 Å². The fraction of sp³-hybridized carbons (Fsp3) is 0.333. The van der Waals surface area contributed by atoms with Gasteiger partial charge < -0.3 is 19.7 Å². The van der Waals surface area contributed by atoms with E-state index >= 15 is 0 Å². The molecule has 2 aromatic carbocycles. The third-order valence-corrected chi connectivity index (χ3v) is 7.80. The van der Waals surface area contributed by atoms with Crippen molar-refractivity contribution in [1.82, 2.24) is 9.21 Å². The minimum atomic E-state index is -3.84. The predicted molar refractivity (Wildman–Crippen MR) is 127 cm³/mol. The van der Waals surface area contributed by atoms with Crippen LogP contribution in [0, 0.1) is 0 Å². The molecule has 1 saturated heterocycles. The minimum Gasteiger partial charge on any atom is -0.495 e. The molecule has 1 unspecified atom stereocenters. The van der Waals surface area contributed by atoms with E-state index in [0.29, 0.717) is 18.9 Å². The second-order valence-corrected chi connectivity index (χ2v) is 9.93. The highest BCUT2D eigenvalue weighted by atomic mass is 32.2. The maximum atomic E-state index is 13.2. The molecule has 4 rings (SSSR count). The molecule has 2 aliphatic heterocycles. The summed E-state index contributed by atoms with van der Waals surface area (Å²) in [6.07, 6.45) is 3.54. The molecule has 0 radical (unpaired) electrons. The Labute approximate surface area is 199 Å². The van der Waals surface area contributed by atoms with Crippen LogP contribution in [0.15, 0.2) is 53.6 Å². The van der Waals surface area contributed by atoms with Gasteiger partial charge in [0.1, 0.15) is 10.6 Å². The molecule has 0 bridgehead atoms. The fourth-order valence-corrected chi connectivity index (χ4v) is 5.77. The van der Waals surface area contributed by atoms with Gasteiger partial charge in [0.25, 0.3) is 0 Å². The van der Waals surface area contributed by atoms with Gasteiger partial charge in [-0.25, -0.2) is 8.42 Å². The van der Waals surface area contributed by atoms with Crippen molar-refractivity contribution >= 4 is 33.6 Å². The lowest BCUT2D eigenvalue weighted by molar-refractivity contribution is -0.129. The van der Waals surface area contributed by atoms with Crippen molar-refractivity contribution in [2.45, 2.75) is 24.3 Å². The number of fused-ring (bicyclic) bond motifs is 1. The van der Waals surface area contributed by atoms with Gasteiger partial charge in [-0.15, -0.1) is 0 Å². The van der Waals surface area contributed by atoms with Gasteiger partial charge >= 0.3 is 0 Å². The lowest BCUT2D eigenvalue weighted by atomic mass is 9.93. The Hall–Kier alpha value is -3.21. The number of rotatable bonds is 6. The van der Waals surface area contributed by atoms with Crippen LogP contribution in [0.2, 0.25) is 0 Å². The first kappa shape index (κ1) is 23.9. The average molecular weight is 486 g/mol. The van der Waals surface area contributed by atoms with Gasteiger partial charge in [-0.3, -0.25) is 9.59 Å². The lowest BCUT2D eigenvalue weighted by Gasteiger charge is -2.32. The van der Waals surface area contributed by atoms with E-state index in [1.54, 1.807) is 12.3 Å². The summed E-state index contributed by atoms with van der Waals surface area (Å²) in [6, 6.07) is 11.6. The fourth-order valence-electron chi connectivity index (χ4n) is 4.18. The predicted octanol–water partition coefficient (Wildman–Crippen LogP) is 2.62. The first-order valence-corrected chi connectivity index (χ1v) is 12.4. The summed E-state index contributed by atoms with van der Waals surface area (Å²) in [5, 5.41) is 2.78. The van der Waals surface area contributed by atoms with Gasteiger partial charge in [0.15, 0.2) is 0 Å². The maximum absolute atomic E-state index is 13.2. The second-order valence-electron chi connectivity index (χ2n) is 8.02. The Morgan fingerprint density at radius 3 is 2.59 bits per heavy atom. The van der Waals surface area contributed by atoms with Crippen LogP contribution in [-0.2, 0) is 24.3 Å². The zero-order chi connectivity index (χ0) is 24.3. The van der Waals surface area contributed by atoms with Crippen LogP contribution < -0.4 is 10.1 Å². The highest BCUT2D eigenvalue weighted by molar-refractivity contribution is 7.89. The summed E-state index contributed by atoms with van der Waals surface area (Å²) in [6.45, 7) is 2.59. The van der Waals surface area contributed by atoms with Crippen molar-refractivity contribution in [2.24, 2.45) is 0 Å². The monoisotopic (exact) mass is 485 g/mol. The van der Waals surface area contributed by atoms with E-state index in [0.717, 1.165) is 11.1 Å². The zero-order valence-corrected chi connectivity index (χ0v) is 19.9. The van der Waals surface area contributed by atoms with Crippen molar-refractivity contribution < 1.29 is 27.5 Å². The number of nitrogens with zero attached hydrogens (tertiary/aromatic N) is 2. The van der Waals surface area contributed by atoms with Crippen LogP contribution in [0.25, 0.3) is 6.08 Å². The highest BCUT2D eigenvalue weighted by Crippen LogP contribution is 2.34. The minimum absolute atomic E-state index is 0.0124.